The van der Waals surface area contributed by atoms with Crippen LogP contribution in [-0.2, 0) is 6.42 Å². The highest BCUT2D eigenvalue weighted by molar-refractivity contribution is 9.10. The summed E-state index contributed by atoms with van der Waals surface area (Å²) < 4.78 is 11.9. The Balaban J connectivity index is 1.86. The van der Waals surface area contributed by atoms with Crippen molar-refractivity contribution in [3.63, 3.8) is 0 Å². The van der Waals surface area contributed by atoms with Gasteiger partial charge in [0, 0.05) is 10.9 Å². The maximum Gasteiger partial charge on any atom is 0.162 e. The van der Waals surface area contributed by atoms with Gasteiger partial charge in [0.1, 0.15) is 13.2 Å². The van der Waals surface area contributed by atoms with Gasteiger partial charge in [-0.25, -0.2) is 0 Å². The van der Waals surface area contributed by atoms with E-state index in [2.05, 4.69) is 15.9 Å². The second-order valence-corrected chi connectivity index (χ2v) is 5.58. The van der Waals surface area contributed by atoms with Gasteiger partial charge in [-0.1, -0.05) is 46.3 Å². The lowest BCUT2D eigenvalue weighted by Gasteiger charge is -2.21. The molecule has 0 saturated heterocycles. The molecule has 0 unspecified atom stereocenters. The summed E-state index contributed by atoms with van der Waals surface area (Å²) >= 11 is 3.49. The van der Waals surface area contributed by atoms with Gasteiger partial charge in [-0.15, -0.1) is 0 Å². The molecule has 20 heavy (non-hydrogen) atoms. The lowest BCUT2D eigenvalue weighted by Crippen LogP contribution is -2.16. The lowest BCUT2D eigenvalue weighted by molar-refractivity contribution is 0.164. The molecule has 3 rings (SSSR count). The van der Waals surface area contributed by atoms with Crippen LogP contribution in [0.1, 0.15) is 17.2 Å². The van der Waals surface area contributed by atoms with Crippen molar-refractivity contribution < 1.29 is 14.6 Å². The van der Waals surface area contributed by atoms with E-state index < -0.39 is 6.10 Å². The topological polar surface area (TPSA) is 38.7 Å². The number of aliphatic hydroxyl groups excluding tert-OH is 1. The van der Waals surface area contributed by atoms with Crippen molar-refractivity contribution in [2.75, 3.05) is 13.2 Å². The van der Waals surface area contributed by atoms with Crippen LogP contribution in [0.3, 0.4) is 0 Å². The van der Waals surface area contributed by atoms with Crippen LogP contribution in [0.4, 0.5) is 0 Å². The van der Waals surface area contributed by atoms with Crippen molar-refractivity contribution >= 4 is 15.9 Å². The molecule has 2 aromatic rings. The molecule has 0 fully saturated rings. The number of rotatable bonds is 3. The van der Waals surface area contributed by atoms with Gasteiger partial charge < -0.3 is 14.6 Å². The van der Waals surface area contributed by atoms with Gasteiger partial charge >= 0.3 is 0 Å². The average Bonchev–Trinajstić information content (AvgIpc) is 2.47. The zero-order valence-corrected chi connectivity index (χ0v) is 12.5. The van der Waals surface area contributed by atoms with E-state index in [4.69, 9.17) is 9.47 Å². The van der Waals surface area contributed by atoms with Gasteiger partial charge in [-0.2, -0.15) is 0 Å². The van der Waals surface area contributed by atoms with Gasteiger partial charge in [0.05, 0.1) is 6.10 Å². The molecule has 1 N–H and O–H groups in total. The number of aliphatic hydroxyl groups is 1. The Morgan fingerprint density at radius 2 is 1.70 bits per heavy atom. The fourth-order valence-electron chi connectivity index (χ4n) is 2.28. The van der Waals surface area contributed by atoms with Crippen LogP contribution in [0, 0.1) is 0 Å². The molecule has 104 valence electrons. The number of fused-ring (bicyclic) bond motifs is 1. The highest BCUT2D eigenvalue weighted by Crippen LogP contribution is 2.38. The Morgan fingerprint density at radius 1 is 1.05 bits per heavy atom. The highest BCUT2D eigenvalue weighted by atomic mass is 79.9. The van der Waals surface area contributed by atoms with Crippen molar-refractivity contribution in [1.82, 2.24) is 0 Å². The predicted octanol–water partition coefficient (Wildman–Crippen LogP) is 3.50. The van der Waals surface area contributed by atoms with Gasteiger partial charge in [-0.3, -0.25) is 0 Å². The zero-order valence-electron chi connectivity index (χ0n) is 10.9. The van der Waals surface area contributed by atoms with E-state index in [1.54, 1.807) is 0 Å². The number of hydrogen-bond acceptors (Lipinski definition) is 3. The second kappa shape index (κ2) is 5.85. The summed E-state index contributed by atoms with van der Waals surface area (Å²) in [7, 11) is 0. The van der Waals surface area contributed by atoms with Crippen LogP contribution in [-0.4, -0.2) is 18.3 Å². The molecule has 0 radical (unpaired) electrons. The van der Waals surface area contributed by atoms with Crippen molar-refractivity contribution in [2.24, 2.45) is 0 Å². The van der Waals surface area contributed by atoms with Crippen molar-refractivity contribution in [3.8, 4) is 11.5 Å². The first kappa shape index (κ1) is 13.5. The molecule has 2 aromatic carbocycles. The third-order valence-electron chi connectivity index (χ3n) is 3.29. The SMILES string of the molecule is O[C@H](Cc1ccccc1)c1cc2c(cc1Br)OCCO2. The van der Waals surface area contributed by atoms with Crippen LogP contribution in [0.5, 0.6) is 11.5 Å². The average molecular weight is 335 g/mol. The zero-order chi connectivity index (χ0) is 13.9. The van der Waals surface area contributed by atoms with E-state index in [0.717, 1.165) is 21.3 Å². The summed E-state index contributed by atoms with van der Waals surface area (Å²) in [6.07, 6.45) is -0.0124. The molecule has 3 nitrogen and oxygen atoms in total. The van der Waals surface area contributed by atoms with Crippen LogP contribution in [0.2, 0.25) is 0 Å². The molecule has 1 atom stereocenters. The first-order chi connectivity index (χ1) is 9.74. The molecule has 4 heteroatoms. The third kappa shape index (κ3) is 2.81. The fraction of sp³-hybridized carbons (Fsp3) is 0.250. The van der Waals surface area contributed by atoms with Crippen LogP contribution in [0.25, 0.3) is 0 Å². The summed E-state index contributed by atoms with van der Waals surface area (Å²) in [6, 6.07) is 13.6. The number of ether oxygens (including phenoxy) is 2. The molecule has 1 heterocycles. The summed E-state index contributed by atoms with van der Waals surface area (Å²) in [5, 5.41) is 10.4. The number of hydrogen-bond donors (Lipinski definition) is 1. The van der Waals surface area contributed by atoms with Gasteiger partial charge in [-0.05, 0) is 23.3 Å². The maximum absolute atomic E-state index is 10.4. The monoisotopic (exact) mass is 334 g/mol. The quantitative estimate of drug-likeness (QED) is 0.933. The van der Waals surface area contributed by atoms with Crippen molar-refractivity contribution in [3.05, 3.63) is 58.1 Å². The van der Waals surface area contributed by atoms with Gasteiger partial charge in [0.15, 0.2) is 11.5 Å². The van der Waals surface area contributed by atoms with E-state index >= 15 is 0 Å². The second-order valence-electron chi connectivity index (χ2n) is 4.72. The summed E-state index contributed by atoms with van der Waals surface area (Å²) in [5.74, 6) is 1.42. The normalized spacial score (nSPS) is 14.9. The molecule has 1 aliphatic heterocycles. The molecule has 0 spiro atoms. The predicted molar refractivity (Wildman–Crippen MR) is 80.2 cm³/mol. The highest BCUT2D eigenvalue weighted by Gasteiger charge is 2.19. The summed E-state index contributed by atoms with van der Waals surface area (Å²) in [6.45, 7) is 1.11. The van der Waals surface area contributed by atoms with Crippen molar-refractivity contribution in [2.45, 2.75) is 12.5 Å². The maximum atomic E-state index is 10.4. The molecule has 1 aliphatic rings. The van der Waals surface area contributed by atoms with Gasteiger partial charge in [0.2, 0.25) is 0 Å². The van der Waals surface area contributed by atoms with E-state index in [-0.39, 0.29) is 0 Å². The number of benzene rings is 2. The molecular weight excluding hydrogens is 320 g/mol. The molecule has 0 bridgehead atoms. The van der Waals surface area contributed by atoms with Crippen LogP contribution in [0.15, 0.2) is 46.9 Å². The standard InChI is InChI=1S/C16H15BrO3/c17-13-10-16-15(19-6-7-20-16)9-12(13)14(18)8-11-4-2-1-3-5-11/h1-5,9-10,14,18H,6-8H2/t14-/m1/s1. The van der Waals surface area contributed by atoms with Gasteiger partial charge in [0.25, 0.3) is 0 Å². The Hall–Kier alpha value is -1.52. The molecule has 0 aromatic heterocycles. The molecular formula is C16H15BrO3. The van der Waals surface area contributed by atoms with Crippen molar-refractivity contribution in [1.29, 1.82) is 0 Å². The van der Waals surface area contributed by atoms with Crippen LogP contribution < -0.4 is 9.47 Å². The smallest absolute Gasteiger partial charge is 0.162 e. The first-order valence-electron chi connectivity index (χ1n) is 6.55. The first-order valence-corrected chi connectivity index (χ1v) is 7.34. The summed E-state index contributed by atoms with van der Waals surface area (Å²) in [4.78, 5) is 0. The Labute approximate surface area is 126 Å². The number of halogens is 1. The molecule has 0 saturated carbocycles. The largest absolute Gasteiger partial charge is 0.486 e. The minimum atomic E-state index is -0.581. The van der Waals surface area contributed by atoms with E-state index in [1.165, 1.54) is 0 Å². The van der Waals surface area contributed by atoms with E-state index in [9.17, 15) is 5.11 Å². The fourth-order valence-corrected chi connectivity index (χ4v) is 2.87. The Bertz CT molecular complexity index is 598. The summed E-state index contributed by atoms with van der Waals surface area (Å²) in [5.41, 5.74) is 1.92. The minimum Gasteiger partial charge on any atom is -0.486 e. The lowest BCUT2D eigenvalue weighted by atomic mass is 10.0. The molecule has 0 aliphatic carbocycles. The minimum absolute atomic E-state index is 0.544. The van der Waals surface area contributed by atoms with Crippen LogP contribution >= 0.6 is 15.9 Å². The Morgan fingerprint density at radius 3 is 2.40 bits per heavy atom. The Kier molecular flexibility index (Phi) is 3.94. The van der Waals surface area contributed by atoms with E-state index in [0.29, 0.717) is 25.4 Å². The molecule has 0 amide bonds. The third-order valence-corrected chi connectivity index (χ3v) is 3.98. The van der Waals surface area contributed by atoms with E-state index in [1.807, 2.05) is 42.5 Å².